The quantitative estimate of drug-likeness (QED) is 0.197. The summed E-state index contributed by atoms with van der Waals surface area (Å²) in [6.45, 7) is 10.3. The predicted octanol–water partition coefficient (Wildman–Crippen LogP) is 4.36. The highest BCUT2D eigenvalue weighted by molar-refractivity contribution is 6.76. The summed E-state index contributed by atoms with van der Waals surface area (Å²) in [7, 11) is 0.276. The molecule has 0 unspecified atom stereocenters. The number of likely N-dealkylation sites (tertiary alicyclic amines) is 1. The fourth-order valence-electron chi connectivity index (χ4n) is 5.41. The molecule has 3 N–H and O–H groups in total. The Morgan fingerprint density at radius 1 is 1.16 bits per heavy atom. The summed E-state index contributed by atoms with van der Waals surface area (Å²) in [6.07, 6.45) is 1.92. The second-order valence-corrected chi connectivity index (χ2v) is 18.6. The molecule has 2 fully saturated rings. The first-order valence-electron chi connectivity index (χ1n) is 15.2. The molecule has 3 heterocycles. The second kappa shape index (κ2) is 13.1. The Bertz CT molecular complexity index is 1520. The maximum absolute atomic E-state index is 13.9. The minimum Gasteiger partial charge on any atom is -0.497 e. The molecule has 2 atom stereocenters. The van der Waals surface area contributed by atoms with Gasteiger partial charge in [-0.25, -0.2) is 14.8 Å². The first kappa shape index (κ1) is 31.7. The van der Waals surface area contributed by atoms with Gasteiger partial charge >= 0.3 is 6.09 Å². The van der Waals surface area contributed by atoms with Gasteiger partial charge in [-0.05, 0) is 56.3 Å². The van der Waals surface area contributed by atoms with Crippen LogP contribution in [0.3, 0.4) is 0 Å². The molecule has 0 radical (unpaired) electrons. The van der Waals surface area contributed by atoms with Gasteiger partial charge < -0.3 is 39.2 Å². The van der Waals surface area contributed by atoms with Crippen molar-refractivity contribution in [2.45, 2.75) is 70.7 Å². The van der Waals surface area contributed by atoms with Gasteiger partial charge in [0.2, 0.25) is 0 Å². The van der Waals surface area contributed by atoms with E-state index in [2.05, 4.69) is 29.9 Å². The summed E-state index contributed by atoms with van der Waals surface area (Å²) in [4.78, 5) is 35.7. The number of aliphatic hydroxyl groups is 1. The van der Waals surface area contributed by atoms with Crippen LogP contribution < -0.4 is 14.8 Å². The number of benzene rings is 1. The summed E-state index contributed by atoms with van der Waals surface area (Å²) >= 11 is 0. The summed E-state index contributed by atoms with van der Waals surface area (Å²) in [5.74, 6) is 1.46. The fourth-order valence-corrected chi connectivity index (χ4v) is 6.17. The second-order valence-electron chi connectivity index (χ2n) is 12.9. The molecule has 13 heteroatoms. The number of hydrogen-bond donors (Lipinski definition) is 3. The molecule has 0 bridgehead atoms. The minimum absolute atomic E-state index is 0.0717. The van der Waals surface area contributed by atoms with E-state index < -0.39 is 32.2 Å². The van der Waals surface area contributed by atoms with Crippen molar-refractivity contribution in [2.24, 2.45) is 5.92 Å². The Morgan fingerprint density at radius 3 is 2.59 bits per heavy atom. The topological polar surface area (TPSA) is 148 Å². The number of hydrogen-bond acceptors (Lipinski definition) is 8. The van der Waals surface area contributed by atoms with E-state index in [0.717, 1.165) is 29.3 Å². The van der Waals surface area contributed by atoms with E-state index in [1.165, 1.54) is 6.33 Å². The van der Waals surface area contributed by atoms with Crippen molar-refractivity contribution in [3.05, 3.63) is 35.8 Å². The van der Waals surface area contributed by atoms with E-state index in [1.807, 2.05) is 29.7 Å². The number of carbonyl (C=O) groups excluding carboxylic acids is 1. The highest BCUT2D eigenvalue weighted by Gasteiger charge is 2.33. The average Bonchev–Trinajstić information content (AvgIpc) is 3.76. The summed E-state index contributed by atoms with van der Waals surface area (Å²) < 4.78 is 19.9. The number of ether oxygens (including phenoxy) is 3. The molecule has 238 valence electrons. The number of amides is 2. The van der Waals surface area contributed by atoms with Crippen LogP contribution in [0.2, 0.25) is 25.7 Å². The van der Waals surface area contributed by atoms with Crippen LogP contribution >= 0.6 is 0 Å². The maximum atomic E-state index is 13.9. The summed E-state index contributed by atoms with van der Waals surface area (Å²) in [5.41, 5.74) is 3.40. The van der Waals surface area contributed by atoms with Crippen LogP contribution in [-0.2, 0) is 11.5 Å². The fraction of sp³-hybridized carbons (Fsp3) is 0.548. The molecule has 12 nitrogen and oxygen atoms in total. The minimum atomic E-state index is -1.33. The SMILES string of the molecule is COc1ccc(OCC2CC2)c(-c2ncnc3c(C(=O)N[C@@H]4CCN(C(=O)O)C[C@H]4O)c(C)n(COCC[Si](C)(C)C)c23)c1. The van der Waals surface area contributed by atoms with Gasteiger partial charge in [0.05, 0.1) is 43.5 Å². The van der Waals surface area contributed by atoms with Crippen molar-refractivity contribution in [1.29, 1.82) is 0 Å². The van der Waals surface area contributed by atoms with Gasteiger partial charge in [-0.15, -0.1) is 0 Å². The van der Waals surface area contributed by atoms with Crippen LogP contribution in [0.4, 0.5) is 4.79 Å². The van der Waals surface area contributed by atoms with Crippen LogP contribution in [0, 0.1) is 12.8 Å². The van der Waals surface area contributed by atoms with Crippen molar-refractivity contribution in [1.82, 2.24) is 24.8 Å². The highest BCUT2D eigenvalue weighted by Crippen LogP contribution is 2.39. The Kier molecular flexibility index (Phi) is 9.47. The number of piperidine rings is 1. The number of nitrogens with one attached hydrogen (secondary N) is 1. The molecule has 1 saturated heterocycles. The molecule has 2 aliphatic rings. The average molecular weight is 626 g/mol. The van der Waals surface area contributed by atoms with Gasteiger partial charge in [0.15, 0.2) is 0 Å². The zero-order valence-electron chi connectivity index (χ0n) is 26.1. The van der Waals surface area contributed by atoms with Crippen LogP contribution in [0.25, 0.3) is 22.3 Å². The van der Waals surface area contributed by atoms with Gasteiger partial charge in [0.1, 0.15) is 35.8 Å². The lowest BCUT2D eigenvalue weighted by Gasteiger charge is -2.34. The van der Waals surface area contributed by atoms with Crippen molar-refractivity contribution in [3.8, 4) is 22.8 Å². The highest BCUT2D eigenvalue weighted by atomic mass is 28.3. The molecule has 2 aromatic heterocycles. The van der Waals surface area contributed by atoms with E-state index in [1.54, 1.807) is 7.11 Å². The van der Waals surface area contributed by atoms with Crippen molar-refractivity contribution >= 4 is 31.1 Å². The monoisotopic (exact) mass is 625 g/mol. The molecular weight excluding hydrogens is 582 g/mol. The van der Waals surface area contributed by atoms with E-state index >= 15 is 0 Å². The lowest BCUT2D eigenvalue weighted by molar-refractivity contribution is 0.0391. The first-order chi connectivity index (χ1) is 21.0. The number of nitrogens with zero attached hydrogens (tertiary/aromatic N) is 4. The third-order valence-corrected chi connectivity index (χ3v) is 10.0. The Balaban J connectivity index is 1.55. The van der Waals surface area contributed by atoms with Crippen molar-refractivity contribution < 1.29 is 34.0 Å². The van der Waals surface area contributed by atoms with E-state index in [-0.39, 0.29) is 19.8 Å². The molecule has 1 saturated carbocycles. The van der Waals surface area contributed by atoms with Gasteiger partial charge in [-0.1, -0.05) is 19.6 Å². The number of aromatic nitrogens is 3. The van der Waals surface area contributed by atoms with Crippen molar-refractivity contribution in [3.63, 3.8) is 0 Å². The summed E-state index contributed by atoms with van der Waals surface area (Å²) in [5, 5.41) is 22.9. The molecule has 0 spiro atoms. The lowest BCUT2D eigenvalue weighted by atomic mass is 10.0. The number of fused-ring (bicyclic) bond motifs is 1. The molecular formula is C31H43N5O7Si. The van der Waals surface area contributed by atoms with Gasteiger partial charge in [0, 0.05) is 32.5 Å². The Hall–Kier alpha value is -3.68. The largest absolute Gasteiger partial charge is 0.497 e. The molecule has 1 aromatic carbocycles. The molecule has 1 aliphatic heterocycles. The molecule has 44 heavy (non-hydrogen) atoms. The molecule has 2 amide bonds. The maximum Gasteiger partial charge on any atom is 0.407 e. The number of β-amino-alcohol motifs (C(OH)–C–C–N with tert-alkyl or cyclic N) is 1. The molecule has 3 aromatic rings. The number of carbonyl (C=O) groups is 2. The zero-order valence-corrected chi connectivity index (χ0v) is 27.1. The number of aliphatic hydroxyl groups excluding tert-OH is 1. The van der Waals surface area contributed by atoms with Crippen LogP contribution in [0.1, 0.15) is 35.3 Å². The first-order valence-corrected chi connectivity index (χ1v) is 18.9. The Labute approximate surface area is 258 Å². The van der Waals surface area contributed by atoms with E-state index in [0.29, 0.717) is 65.0 Å². The summed E-state index contributed by atoms with van der Waals surface area (Å²) in [6, 6.07) is 6.01. The number of rotatable bonds is 12. The number of methoxy groups -OCH3 is 1. The predicted molar refractivity (Wildman–Crippen MR) is 168 cm³/mol. The van der Waals surface area contributed by atoms with Gasteiger partial charge in [-0.3, -0.25) is 4.79 Å². The third-order valence-electron chi connectivity index (χ3n) is 8.32. The third kappa shape index (κ3) is 7.16. The molecule has 5 rings (SSSR count). The Morgan fingerprint density at radius 2 is 1.93 bits per heavy atom. The smallest absolute Gasteiger partial charge is 0.407 e. The normalized spacial score (nSPS) is 18.8. The van der Waals surface area contributed by atoms with Crippen molar-refractivity contribution in [2.75, 3.05) is 33.4 Å². The van der Waals surface area contributed by atoms with Gasteiger partial charge in [-0.2, -0.15) is 0 Å². The lowest BCUT2D eigenvalue weighted by Crippen LogP contribution is -2.55. The van der Waals surface area contributed by atoms with E-state index in [9.17, 15) is 19.8 Å². The van der Waals surface area contributed by atoms with Crippen LogP contribution in [0.15, 0.2) is 24.5 Å². The van der Waals surface area contributed by atoms with Crippen LogP contribution in [-0.4, -0.2) is 95.3 Å². The standard InChI is InChI=1S/C31H43N5O7Si/c1-19-26(30(38)34-23-10-11-35(31(39)40)15-24(23)37)28-29(36(19)18-42-12-13-44(3,4)5)27(32-17-33-28)22-14-21(41-2)8-9-25(22)43-16-20-6-7-20/h8-9,14,17,20,23-24,37H,6-7,10-13,15-16,18H2,1-5H3,(H,34,38)(H,39,40)/t23-,24-/m1/s1. The van der Waals surface area contributed by atoms with Gasteiger partial charge in [0.25, 0.3) is 5.91 Å². The van der Waals surface area contributed by atoms with E-state index in [4.69, 9.17) is 19.2 Å². The number of carboxylic acid groups (broad SMARTS) is 1. The molecule has 1 aliphatic carbocycles. The van der Waals surface area contributed by atoms with Crippen LogP contribution in [0.5, 0.6) is 11.5 Å². The zero-order chi connectivity index (χ0) is 31.6.